The van der Waals surface area contributed by atoms with E-state index in [1.807, 2.05) is 0 Å². The molecule has 0 aromatic heterocycles. The second-order valence-electron chi connectivity index (χ2n) is 3.72. The molecule has 0 unspecified atom stereocenters. The fourth-order valence-electron chi connectivity index (χ4n) is 1.36. The Hall–Kier alpha value is -1.52. The molecular formula is C11H12F3NO. The van der Waals surface area contributed by atoms with Crippen molar-refractivity contribution in [1.29, 1.82) is 0 Å². The topological polar surface area (TPSA) is 32.6 Å². The van der Waals surface area contributed by atoms with Crippen molar-refractivity contribution >= 4 is 5.71 Å². The molecule has 0 fully saturated rings. The van der Waals surface area contributed by atoms with Crippen LogP contribution in [0.1, 0.15) is 25.0 Å². The van der Waals surface area contributed by atoms with Gasteiger partial charge in [0, 0.05) is 5.56 Å². The molecule has 5 heteroatoms. The maximum Gasteiger partial charge on any atom is 0.416 e. The van der Waals surface area contributed by atoms with Crippen LogP contribution in [0, 0.1) is 5.92 Å². The third-order valence-electron chi connectivity index (χ3n) is 2.14. The number of halogens is 3. The van der Waals surface area contributed by atoms with Crippen LogP contribution >= 0.6 is 0 Å². The normalized spacial score (nSPS) is 13.2. The molecule has 1 aromatic carbocycles. The van der Waals surface area contributed by atoms with Gasteiger partial charge in [-0.3, -0.25) is 0 Å². The Bertz CT molecular complexity index is 396. The van der Waals surface area contributed by atoms with E-state index in [0.29, 0.717) is 0 Å². The van der Waals surface area contributed by atoms with Gasteiger partial charge in [-0.15, -0.1) is 0 Å². The Morgan fingerprint density at radius 3 is 2.38 bits per heavy atom. The number of benzene rings is 1. The van der Waals surface area contributed by atoms with Crippen molar-refractivity contribution in [2.45, 2.75) is 20.0 Å². The third kappa shape index (κ3) is 2.74. The van der Waals surface area contributed by atoms with Gasteiger partial charge in [-0.1, -0.05) is 31.1 Å². The second kappa shape index (κ2) is 4.55. The number of oxime groups is 1. The fourth-order valence-corrected chi connectivity index (χ4v) is 1.36. The van der Waals surface area contributed by atoms with E-state index >= 15 is 0 Å². The van der Waals surface area contributed by atoms with Crippen LogP contribution in [0.4, 0.5) is 13.2 Å². The SMILES string of the molecule is CC(C)/C(=N\O)c1cccc(C(F)(F)F)c1. The van der Waals surface area contributed by atoms with E-state index in [2.05, 4.69) is 5.16 Å². The van der Waals surface area contributed by atoms with Crippen molar-refractivity contribution in [3.63, 3.8) is 0 Å². The summed E-state index contributed by atoms with van der Waals surface area (Å²) in [6, 6.07) is 4.75. The summed E-state index contributed by atoms with van der Waals surface area (Å²) in [6.07, 6.45) is -4.38. The van der Waals surface area contributed by atoms with E-state index in [1.165, 1.54) is 12.1 Å². The lowest BCUT2D eigenvalue weighted by Crippen LogP contribution is -2.12. The minimum absolute atomic E-state index is 0.145. The standard InChI is InChI=1S/C11H12F3NO/c1-7(2)10(15-16)8-4-3-5-9(6-8)11(12,13)14/h3-7,16H,1-2H3/b15-10+. The molecule has 1 aromatic rings. The van der Waals surface area contributed by atoms with Crippen LogP contribution in [0.25, 0.3) is 0 Å². The summed E-state index contributed by atoms with van der Waals surface area (Å²) >= 11 is 0. The van der Waals surface area contributed by atoms with Crippen molar-refractivity contribution in [3.8, 4) is 0 Å². The van der Waals surface area contributed by atoms with E-state index in [9.17, 15) is 13.2 Å². The number of hydrogen-bond acceptors (Lipinski definition) is 2. The maximum atomic E-state index is 12.4. The molecule has 1 N–H and O–H groups in total. The molecule has 0 bridgehead atoms. The van der Waals surface area contributed by atoms with Gasteiger partial charge in [0.05, 0.1) is 11.3 Å². The number of hydrogen-bond donors (Lipinski definition) is 1. The van der Waals surface area contributed by atoms with E-state index in [0.717, 1.165) is 12.1 Å². The highest BCUT2D eigenvalue weighted by Crippen LogP contribution is 2.30. The Labute approximate surface area is 91.4 Å². The van der Waals surface area contributed by atoms with Crippen molar-refractivity contribution < 1.29 is 18.4 Å². The second-order valence-corrected chi connectivity index (χ2v) is 3.72. The summed E-state index contributed by atoms with van der Waals surface area (Å²) < 4.78 is 37.3. The van der Waals surface area contributed by atoms with Gasteiger partial charge in [-0.25, -0.2) is 0 Å². The van der Waals surface area contributed by atoms with Crippen LogP contribution in [0.3, 0.4) is 0 Å². The fraction of sp³-hybridized carbons (Fsp3) is 0.364. The van der Waals surface area contributed by atoms with Gasteiger partial charge < -0.3 is 5.21 Å². The first-order valence-corrected chi connectivity index (χ1v) is 4.76. The third-order valence-corrected chi connectivity index (χ3v) is 2.14. The molecule has 0 aliphatic rings. The first-order chi connectivity index (χ1) is 7.36. The van der Waals surface area contributed by atoms with Gasteiger partial charge in [0.25, 0.3) is 0 Å². The molecule has 0 amide bonds. The molecule has 16 heavy (non-hydrogen) atoms. The highest BCUT2D eigenvalue weighted by Gasteiger charge is 2.30. The van der Waals surface area contributed by atoms with Gasteiger partial charge in [0.2, 0.25) is 0 Å². The van der Waals surface area contributed by atoms with Gasteiger partial charge in [0.1, 0.15) is 0 Å². The molecule has 0 radical (unpaired) electrons. The molecule has 0 aliphatic carbocycles. The summed E-state index contributed by atoms with van der Waals surface area (Å²) in [6.45, 7) is 3.49. The Balaban J connectivity index is 3.18. The minimum Gasteiger partial charge on any atom is -0.411 e. The molecule has 1 rings (SSSR count). The predicted octanol–water partition coefficient (Wildman–Crippen LogP) is 3.54. The van der Waals surface area contributed by atoms with Crippen molar-refractivity contribution in [3.05, 3.63) is 35.4 Å². The van der Waals surface area contributed by atoms with Crippen molar-refractivity contribution in [2.24, 2.45) is 11.1 Å². The summed E-state index contributed by atoms with van der Waals surface area (Å²) in [5.41, 5.74) is -0.217. The van der Waals surface area contributed by atoms with Crippen LogP contribution in [-0.2, 0) is 6.18 Å². The molecule has 0 saturated heterocycles. The van der Waals surface area contributed by atoms with Crippen molar-refractivity contribution in [2.75, 3.05) is 0 Å². The zero-order valence-electron chi connectivity index (χ0n) is 8.92. The van der Waals surface area contributed by atoms with E-state index in [-0.39, 0.29) is 17.2 Å². The smallest absolute Gasteiger partial charge is 0.411 e. The van der Waals surface area contributed by atoms with Gasteiger partial charge in [-0.05, 0) is 18.1 Å². The minimum atomic E-state index is -4.38. The molecular weight excluding hydrogens is 219 g/mol. The number of alkyl halides is 3. The maximum absolute atomic E-state index is 12.4. The lowest BCUT2D eigenvalue weighted by atomic mass is 9.98. The summed E-state index contributed by atoms with van der Waals surface area (Å²) in [5.74, 6) is -0.145. The highest BCUT2D eigenvalue weighted by atomic mass is 19.4. The van der Waals surface area contributed by atoms with Crippen LogP contribution in [0.2, 0.25) is 0 Å². The van der Waals surface area contributed by atoms with Gasteiger partial charge >= 0.3 is 6.18 Å². The molecule has 0 saturated carbocycles. The van der Waals surface area contributed by atoms with Crippen molar-refractivity contribution in [1.82, 2.24) is 0 Å². The Kier molecular flexibility index (Phi) is 3.57. The zero-order chi connectivity index (χ0) is 12.3. The molecule has 0 heterocycles. The largest absolute Gasteiger partial charge is 0.416 e. The van der Waals surface area contributed by atoms with Crippen LogP contribution < -0.4 is 0 Å². The van der Waals surface area contributed by atoms with E-state index in [4.69, 9.17) is 5.21 Å². The zero-order valence-corrected chi connectivity index (χ0v) is 8.92. The lowest BCUT2D eigenvalue weighted by Gasteiger charge is -2.11. The molecule has 0 spiro atoms. The molecule has 88 valence electrons. The molecule has 0 atom stereocenters. The first kappa shape index (κ1) is 12.5. The van der Waals surface area contributed by atoms with Crippen LogP contribution in [0.5, 0.6) is 0 Å². The predicted molar refractivity (Wildman–Crippen MR) is 54.6 cm³/mol. The number of nitrogens with zero attached hydrogens (tertiary/aromatic N) is 1. The van der Waals surface area contributed by atoms with E-state index < -0.39 is 11.7 Å². The monoisotopic (exact) mass is 231 g/mol. The van der Waals surface area contributed by atoms with Crippen LogP contribution in [-0.4, -0.2) is 10.9 Å². The molecule has 2 nitrogen and oxygen atoms in total. The summed E-state index contributed by atoms with van der Waals surface area (Å²) in [4.78, 5) is 0. The van der Waals surface area contributed by atoms with Gasteiger partial charge in [-0.2, -0.15) is 13.2 Å². The average molecular weight is 231 g/mol. The van der Waals surface area contributed by atoms with Crippen LogP contribution in [0.15, 0.2) is 29.4 Å². The Morgan fingerprint density at radius 2 is 1.94 bits per heavy atom. The summed E-state index contributed by atoms with van der Waals surface area (Å²) in [5, 5.41) is 11.8. The van der Waals surface area contributed by atoms with E-state index in [1.54, 1.807) is 13.8 Å². The lowest BCUT2D eigenvalue weighted by molar-refractivity contribution is -0.137. The summed E-state index contributed by atoms with van der Waals surface area (Å²) in [7, 11) is 0. The number of rotatable bonds is 2. The first-order valence-electron chi connectivity index (χ1n) is 4.76. The highest BCUT2D eigenvalue weighted by molar-refractivity contribution is 6.01. The Morgan fingerprint density at radius 1 is 1.31 bits per heavy atom. The average Bonchev–Trinajstić information content (AvgIpc) is 2.17. The quantitative estimate of drug-likeness (QED) is 0.471. The van der Waals surface area contributed by atoms with Gasteiger partial charge in [0.15, 0.2) is 0 Å². The molecule has 0 aliphatic heterocycles.